The Morgan fingerprint density at radius 2 is 1.89 bits per heavy atom. The zero-order valence-electron chi connectivity index (χ0n) is 15.7. The van der Waals surface area contributed by atoms with Crippen molar-refractivity contribution in [1.29, 1.82) is 0 Å². The van der Waals surface area contributed by atoms with Gasteiger partial charge in [0, 0.05) is 32.8 Å². The second kappa shape index (κ2) is 7.71. The molecule has 3 nitrogen and oxygen atoms in total. The summed E-state index contributed by atoms with van der Waals surface area (Å²) in [6.45, 7) is 7.96. The van der Waals surface area contributed by atoms with Crippen LogP contribution < -0.4 is 4.74 Å². The van der Waals surface area contributed by atoms with Gasteiger partial charge in [-0.2, -0.15) is 0 Å². The van der Waals surface area contributed by atoms with Crippen LogP contribution in [0.25, 0.3) is 21.8 Å². The number of aromatic nitrogens is 2. The van der Waals surface area contributed by atoms with Crippen LogP contribution in [-0.2, 0) is 6.54 Å². The predicted octanol–water partition coefficient (Wildman–Crippen LogP) is 6.40. The number of ether oxygens (including phenoxy) is 1. The number of thiophene rings is 1. The highest BCUT2D eigenvalue weighted by molar-refractivity contribution is 7.13. The molecule has 4 aromatic rings. The van der Waals surface area contributed by atoms with Gasteiger partial charge >= 0.3 is 0 Å². The van der Waals surface area contributed by atoms with E-state index in [-0.39, 0.29) is 0 Å². The highest BCUT2D eigenvalue weighted by Gasteiger charge is 2.15. The molecule has 0 radical (unpaired) electrons. The third-order valence-electron chi connectivity index (χ3n) is 4.66. The third kappa shape index (κ3) is 3.70. The second-order valence-electron chi connectivity index (χ2n) is 6.45. The van der Waals surface area contributed by atoms with Gasteiger partial charge in [-0.25, -0.2) is 4.98 Å². The molecule has 0 N–H and O–H groups in total. The maximum absolute atomic E-state index is 5.53. The van der Waals surface area contributed by atoms with Crippen LogP contribution >= 0.6 is 22.7 Å². The van der Waals surface area contributed by atoms with Gasteiger partial charge in [0.2, 0.25) is 0 Å². The zero-order chi connectivity index (χ0) is 18.8. The third-order valence-corrected chi connectivity index (χ3v) is 6.41. The summed E-state index contributed by atoms with van der Waals surface area (Å²) >= 11 is 3.49. The summed E-state index contributed by atoms with van der Waals surface area (Å²) in [4.78, 5) is 6.28. The molecule has 0 aliphatic heterocycles. The molecule has 0 atom stereocenters. The fourth-order valence-corrected chi connectivity index (χ4v) is 4.77. The summed E-state index contributed by atoms with van der Waals surface area (Å²) < 4.78 is 7.90. The second-order valence-corrected chi connectivity index (χ2v) is 8.34. The minimum absolute atomic E-state index is 0.682. The molecule has 0 unspecified atom stereocenters. The van der Waals surface area contributed by atoms with Crippen LogP contribution in [0.2, 0.25) is 0 Å². The lowest BCUT2D eigenvalue weighted by molar-refractivity contribution is 0.340. The van der Waals surface area contributed by atoms with E-state index in [1.54, 1.807) is 22.7 Å². The first-order valence-electron chi connectivity index (χ1n) is 9.04. The van der Waals surface area contributed by atoms with Crippen LogP contribution in [0.5, 0.6) is 5.75 Å². The molecular weight excluding hydrogens is 372 g/mol. The fourth-order valence-electron chi connectivity index (χ4n) is 3.25. The van der Waals surface area contributed by atoms with Crippen molar-refractivity contribution >= 4 is 22.7 Å². The molecule has 0 spiro atoms. The number of hydrogen-bond acceptors (Lipinski definition) is 4. The first-order valence-corrected chi connectivity index (χ1v) is 10.8. The average molecular weight is 395 g/mol. The fraction of sp³-hybridized carbons (Fsp3) is 0.227. The molecule has 0 aliphatic carbocycles. The van der Waals surface area contributed by atoms with Crippen LogP contribution in [0.1, 0.15) is 23.2 Å². The summed E-state index contributed by atoms with van der Waals surface area (Å²) in [6.07, 6.45) is 0. The van der Waals surface area contributed by atoms with Crippen molar-refractivity contribution in [2.75, 3.05) is 6.61 Å². The van der Waals surface area contributed by atoms with Crippen molar-refractivity contribution in [1.82, 2.24) is 9.55 Å². The maximum Gasteiger partial charge on any atom is 0.124 e. The Balaban J connectivity index is 1.61. The standard InChI is InChI=1S/C22H22N2OS2/c1-4-25-18-9-7-17(8-10-18)22-23-21(14-27-22)20-12-15(2)24(16(20)3)13-19-6-5-11-26-19/h5-12,14H,4,13H2,1-3H3. The largest absolute Gasteiger partial charge is 0.494 e. The molecule has 1 aromatic carbocycles. The smallest absolute Gasteiger partial charge is 0.124 e. The Morgan fingerprint density at radius 3 is 2.59 bits per heavy atom. The summed E-state index contributed by atoms with van der Waals surface area (Å²) in [5.41, 5.74) is 5.94. The lowest BCUT2D eigenvalue weighted by Gasteiger charge is -2.08. The van der Waals surface area contributed by atoms with Gasteiger partial charge in [0.25, 0.3) is 0 Å². The van der Waals surface area contributed by atoms with Crippen LogP contribution in [0, 0.1) is 13.8 Å². The van der Waals surface area contributed by atoms with E-state index in [4.69, 9.17) is 9.72 Å². The molecule has 27 heavy (non-hydrogen) atoms. The number of nitrogens with zero attached hydrogens (tertiary/aromatic N) is 2. The first-order chi connectivity index (χ1) is 13.2. The average Bonchev–Trinajstić information content (AvgIpc) is 3.40. The Bertz CT molecular complexity index is 1030. The molecule has 3 heterocycles. The molecule has 0 amide bonds. The van der Waals surface area contributed by atoms with E-state index in [2.05, 4.69) is 59.5 Å². The van der Waals surface area contributed by atoms with Crippen molar-refractivity contribution < 1.29 is 4.74 Å². The van der Waals surface area contributed by atoms with Gasteiger partial charge in [0.05, 0.1) is 18.8 Å². The van der Waals surface area contributed by atoms with E-state index in [0.717, 1.165) is 28.6 Å². The van der Waals surface area contributed by atoms with Crippen LogP contribution in [0.3, 0.4) is 0 Å². The molecule has 0 bridgehead atoms. The maximum atomic E-state index is 5.53. The van der Waals surface area contributed by atoms with E-state index in [1.165, 1.54) is 21.8 Å². The van der Waals surface area contributed by atoms with Gasteiger partial charge in [0.15, 0.2) is 0 Å². The number of benzene rings is 1. The molecule has 0 aliphatic rings. The van der Waals surface area contributed by atoms with E-state index < -0.39 is 0 Å². The molecule has 0 saturated heterocycles. The number of aryl methyl sites for hydroxylation is 1. The Hall–Kier alpha value is -2.37. The van der Waals surface area contributed by atoms with Gasteiger partial charge < -0.3 is 9.30 Å². The Labute approximate surface area is 167 Å². The number of thiazole rings is 1. The zero-order valence-corrected chi connectivity index (χ0v) is 17.4. The predicted molar refractivity (Wildman–Crippen MR) is 115 cm³/mol. The number of rotatable bonds is 6. The highest BCUT2D eigenvalue weighted by atomic mass is 32.1. The molecule has 0 fully saturated rings. The quantitative estimate of drug-likeness (QED) is 0.378. The molecule has 138 valence electrons. The first kappa shape index (κ1) is 18.0. The number of hydrogen-bond donors (Lipinski definition) is 0. The van der Waals surface area contributed by atoms with Gasteiger partial charge in [-0.3, -0.25) is 0 Å². The van der Waals surface area contributed by atoms with E-state index >= 15 is 0 Å². The molecule has 3 aromatic heterocycles. The minimum atomic E-state index is 0.682. The molecule has 5 heteroatoms. The van der Waals surface area contributed by atoms with Gasteiger partial charge in [-0.05, 0) is 62.5 Å². The van der Waals surface area contributed by atoms with Crippen LogP contribution in [-0.4, -0.2) is 16.2 Å². The van der Waals surface area contributed by atoms with Gasteiger partial charge in [-0.1, -0.05) is 6.07 Å². The summed E-state index contributed by atoms with van der Waals surface area (Å²) in [5.74, 6) is 0.898. The van der Waals surface area contributed by atoms with Crippen molar-refractivity contribution in [2.24, 2.45) is 0 Å². The van der Waals surface area contributed by atoms with Gasteiger partial charge in [0.1, 0.15) is 10.8 Å². The summed E-state index contributed by atoms with van der Waals surface area (Å²) in [6, 6.07) is 14.7. The van der Waals surface area contributed by atoms with Gasteiger partial charge in [-0.15, -0.1) is 22.7 Å². The van der Waals surface area contributed by atoms with E-state index in [0.29, 0.717) is 6.61 Å². The van der Waals surface area contributed by atoms with Crippen LogP contribution in [0.4, 0.5) is 0 Å². The van der Waals surface area contributed by atoms with E-state index in [9.17, 15) is 0 Å². The monoisotopic (exact) mass is 394 g/mol. The Morgan fingerprint density at radius 1 is 1.07 bits per heavy atom. The molecular formula is C22H22N2OS2. The highest BCUT2D eigenvalue weighted by Crippen LogP contribution is 2.33. The Kier molecular flexibility index (Phi) is 5.14. The van der Waals surface area contributed by atoms with Crippen molar-refractivity contribution in [3.05, 3.63) is 69.5 Å². The topological polar surface area (TPSA) is 27.1 Å². The lowest BCUT2D eigenvalue weighted by atomic mass is 10.2. The lowest BCUT2D eigenvalue weighted by Crippen LogP contribution is -2.02. The SMILES string of the molecule is CCOc1ccc(-c2nc(-c3cc(C)n(Cc4cccs4)c3C)cs2)cc1. The van der Waals surface area contributed by atoms with Crippen molar-refractivity contribution in [3.63, 3.8) is 0 Å². The van der Waals surface area contributed by atoms with Crippen molar-refractivity contribution in [2.45, 2.75) is 27.3 Å². The summed E-state index contributed by atoms with van der Waals surface area (Å²) in [5, 5.41) is 5.33. The normalized spacial score (nSPS) is 11.1. The molecule has 4 rings (SSSR count). The van der Waals surface area contributed by atoms with Crippen LogP contribution in [0.15, 0.2) is 53.2 Å². The molecule has 0 saturated carbocycles. The van der Waals surface area contributed by atoms with Crippen molar-refractivity contribution in [3.8, 4) is 27.6 Å². The van der Waals surface area contributed by atoms with E-state index in [1.807, 2.05) is 19.1 Å². The minimum Gasteiger partial charge on any atom is -0.494 e. The summed E-state index contributed by atoms with van der Waals surface area (Å²) in [7, 11) is 0.